The topological polar surface area (TPSA) is 92.2 Å². The predicted molar refractivity (Wildman–Crippen MR) is 80.5 cm³/mol. The van der Waals surface area contributed by atoms with Crippen molar-refractivity contribution >= 4 is 27.2 Å². The molecule has 2 aromatic rings. The Kier molecular flexibility index (Phi) is 4.90. The van der Waals surface area contributed by atoms with Crippen molar-refractivity contribution in [2.45, 2.75) is 17.6 Å². The summed E-state index contributed by atoms with van der Waals surface area (Å²) in [7, 11) is -3.68. The Morgan fingerprint density at radius 2 is 2.24 bits per heavy atom. The van der Waals surface area contributed by atoms with Crippen LogP contribution in [0.5, 0.6) is 0 Å². The van der Waals surface area contributed by atoms with E-state index in [4.69, 9.17) is 5.11 Å². The molecule has 0 atom stereocenters. The second-order valence-electron chi connectivity index (χ2n) is 3.99. The second kappa shape index (κ2) is 6.67. The molecule has 0 aromatic carbocycles. The zero-order valence-electron chi connectivity index (χ0n) is 11.2. The van der Waals surface area contributed by atoms with E-state index in [0.717, 1.165) is 11.3 Å². The van der Waals surface area contributed by atoms with Crippen molar-refractivity contribution in [3.8, 4) is 11.8 Å². The number of anilines is 1. The molecule has 2 heterocycles. The number of aliphatic hydroxyl groups excluding tert-OH is 1. The van der Waals surface area contributed by atoms with Gasteiger partial charge in [0.05, 0.1) is 17.8 Å². The molecule has 2 rings (SSSR count). The Balaban J connectivity index is 2.20. The lowest BCUT2D eigenvalue weighted by Crippen LogP contribution is -2.12. The number of hydrogen-bond donors (Lipinski definition) is 2. The molecule has 0 aliphatic heterocycles. The van der Waals surface area contributed by atoms with Crippen LogP contribution in [-0.2, 0) is 10.0 Å². The first-order valence-corrected chi connectivity index (χ1v) is 8.33. The van der Waals surface area contributed by atoms with Gasteiger partial charge in [0.1, 0.15) is 11.5 Å². The minimum absolute atomic E-state index is 0.0238. The molecule has 0 spiro atoms. The molecular formula is C13H13N3O3S2. The van der Waals surface area contributed by atoms with Gasteiger partial charge in [0.2, 0.25) is 0 Å². The SMILES string of the molecule is Cc1ncc(S(=O)(=O)Nc2cccc(C#CCCO)n2)s1. The van der Waals surface area contributed by atoms with Crippen LogP contribution in [0, 0.1) is 18.8 Å². The highest BCUT2D eigenvalue weighted by atomic mass is 32.2. The molecule has 0 aliphatic carbocycles. The standard InChI is InChI=1S/C13H13N3O3S2/c1-10-14-9-13(20-10)21(18,19)16-12-7-4-6-11(15-12)5-2-3-8-17/h4,6-7,9,17H,3,8H2,1H3,(H,15,16). The van der Waals surface area contributed by atoms with Crippen LogP contribution in [0.2, 0.25) is 0 Å². The van der Waals surface area contributed by atoms with Gasteiger partial charge in [0.25, 0.3) is 10.0 Å². The molecule has 0 radical (unpaired) electrons. The van der Waals surface area contributed by atoms with Crippen molar-refractivity contribution in [1.82, 2.24) is 9.97 Å². The van der Waals surface area contributed by atoms with Gasteiger partial charge >= 0.3 is 0 Å². The lowest BCUT2D eigenvalue weighted by Gasteiger charge is -2.04. The zero-order valence-corrected chi connectivity index (χ0v) is 12.8. The largest absolute Gasteiger partial charge is 0.395 e. The normalized spacial score (nSPS) is 10.8. The van der Waals surface area contributed by atoms with E-state index >= 15 is 0 Å². The van der Waals surface area contributed by atoms with Gasteiger partial charge in [0, 0.05) is 6.42 Å². The summed E-state index contributed by atoms with van der Waals surface area (Å²) in [4.78, 5) is 8.03. The first-order chi connectivity index (χ1) is 10.0. The molecule has 110 valence electrons. The first-order valence-electron chi connectivity index (χ1n) is 6.03. The van der Waals surface area contributed by atoms with E-state index in [9.17, 15) is 8.42 Å². The minimum Gasteiger partial charge on any atom is -0.395 e. The summed E-state index contributed by atoms with van der Waals surface area (Å²) in [6.45, 7) is 1.71. The van der Waals surface area contributed by atoms with Gasteiger partial charge in [-0.3, -0.25) is 4.72 Å². The second-order valence-corrected chi connectivity index (χ2v) is 7.13. The maximum Gasteiger partial charge on any atom is 0.274 e. The van der Waals surface area contributed by atoms with Gasteiger partial charge < -0.3 is 5.11 Å². The van der Waals surface area contributed by atoms with Crippen LogP contribution in [0.3, 0.4) is 0 Å². The average molecular weight is 323 g/mol. The number of thiazole rings is 1. The van der Waals surface area contributed by atoms with Crippen molar-refractivity contribution in [3.05, 3.63) is 35.1 Å². The first kappa shape index (κ1) is 15.4. The van der Waals surface area contributed by atoms with Crippen LogP contribution in [0.4, 0.5) is 5.82 Å². The van der Waals surface area contributed by atoms with Crippen molar-refractivity contribution in [2.24, 2.45) is 0 Å². The van der Waals surface area contributed by atoms with E-state index in [-0.39, 0.29) is 16.6 Å². The van der Waals surface area contributed by atoms with Crippen LogP contribution in [0.25, 0.3) is 0 Å². The minimum atomic E-state index is -3.68. The van der Waals surface area contributed by atoms with Gasteiger partial charge in [-0.25, -0.2) is 18.4 Å². The molecule has 0 amide bonds. The summed E-state index contributed by atoms with van der Waals surface area (Å²) < 4.78 is 26.8. The van der Waals surface area contributed by atoms with Crippen molar-refractivity contribution in [3.63, 3.8) is 0 Å². The van der Waals surface area contributed by atoms with Crippen LogP contribution in [0.1, 0.15) is 17.1 Å². The van der Waals surface area contributed by atoms with E-state index in [0.29, 0.717) is 17.1 Å². The summed E-state index contributed by atoms with van der Waals surface area (Å²) in [6.07, 6.45) is 1.66. The quantitative estimate of drug-likeness (QED) is 0.829. The Morgan fingerprint density at radius 3 is 2.90 bits per heavy atom. The highest BCUT2D eigenvalue weighted by molar-refractivity contribution is 7.94. The fraction of sp³-hybridized carbons (Fsp3) is 0.231. The number of aromatic nitrogens is 2. The number of nitrogens with zero attached hydrogens (tertiary/aromatic N) is 2. The summed E-state index contributed by atoms with van der Waals surface area (Å²) >= 11 is 1.09. The molecule has 0 bridgehead atoms. The lowest BCUT2D eigenvalue weighted by molar-refractivity contribution is 0.305. The van der Waals surface area contributed by atoms with Crippen molar-refractivity contribution in [2.75, 3.05) is 11.3 Å². The predicted octanol–water partition coefficient (Wildman–Crippen LogP) is 1.38. The molecule has 21 heavy (non-hydrogen) atoms. The zero-order chi connectivity index (χ0) is 15.3. The number of sulfonamides is 1. The molecule has 2 N–H and O–H groups in total. The average Bonchev–Trinajstić information content (AvgIpc) is 2.87. The van der Waals surface area contributed by atoms with Crippen LogP contribution < -0.4 is 4.72 Å². The van der Waals surface area contributed by atoms with Crippen LogP contribution in [0.15, 0.2) is 28.6 Å². The number of nitrogens with one attached hydrogen (secondary N) is 1. The Bertz CT molecular complexity index is 788. The number of rotatable bonds is 4. The van der Waals surface area contributed by atoms with Gasteiger partial charge in [-0.05, 0) is 25.0 Å². The van der Waals surface area contributed by atoms with Crippen molar-refractivity contribution < 1.29 is 13.5 Å². The Labute approximate surface area is 126 Å². The summed E-state index contributed by atoms with van der Waals surface area (Å²) in [6, 6.07) is 4.87. The molecule has 0 aliphatic rings. The highest BCUT2D eigenvalue weighted by Crippen LogP contribution is 2.20. The van der Waals surface area contributed by atoms with Gasteiger partial charge in [-0.15, -0.1) is 11.3 Å². The molecule has 6 nitrogen and oxygen atoms in total. The number of pyridine rings is 1. The third-order valence-corrected chi connectivity index (χ3v) is 5.03. The van der Waals surface area contributed by atoms with Gasteiger partial charge in [-0.1, -0.05) is 12.0 Å². The maximum atomic E-state index is 12.1. The van der Waals surface area contributed by atoms with Crippen LogP contribution >= 0.6 is 11.3 Å². The number of hydrogen-bond acceptors (Lipinski definition) is 6. The molecule has 0 unspecified atom stereocenters. The van der Waals surface area contributed by atoms with E-state index in [1.807, 2.05) is 0 Å². The fourth-order valence-electron chi connectivity index (χ4n) is 1.42. The smallest absolute Gasteiger partial charge is 0.274 e. The highest BCUT2D eigenvalue weighted by Gasteiger charge is 2.17. The Morgan fingerprint density at radius 1 is 1.43 bits per heavy atom. The molecule has 0 fully saturated rings. The maximum absolute atomic E-state index is 12.1. The molecule has 8 heteroatoms. The van der Waals surface area contributed by atoms with E-state index < -0.39 is 10.0 Å². The van der Waals surface area contributed by atoms with Gasteiger partial charge in [-0.2, -0.15) is 0 Å². The third kappa shape index (κ3) is 4.26. The number of aryl methyl sites for hydroxylation is 1. The summed E-state index contributed by atoms with van der Waals surface area (Å²) in [5.74, 6) is 5.67. The fourth-order valence-corrected chi connectivity index (χ4v) is 3.53. The monoisotopic (exact) mass is 323 g/mol. The molecule has 0 saturated carbocycles. The molecule has 2 aromatic heterocycles. The molecular weight excluding hydrogens is 310 g/mol. The van der Waals surface area contributed by atoms with Gasteiger partial charge in [0.15, 0.2) is 4.21 Å². The third-order valence-electron chi connectivity index (χ3n) is 2.31. The lowest BCUT2D eigenvalue weighted by atomic mass is 10.3. The summed E-state index contributed by atoms with van der Waals surface area (Å²) in [5, 5.41) is 9.33. The Hall–Kier alpha value is -1.95. The van der Waals surface area contributed by atoms with Crippen LogP contribution in [-0.4, -0.2) is 30.1 Å². The molecule has 0 saturated heterocycles. The van der Waals surface area contributed by atoms with Crippen molar-refractivity contribution in [1.29, 1.82) is 0 Å². The summed E-state index contributed by atoms with van der Waals surface area (Å²) in [5.41, 5.74) is 0.434. The van der Waals surface area contributed by atoms with E-state index in [1.165, 1.54) is 6.20 Å². The van der Waals surface area contributed by atoms with E-state index in [1.54, 1.807) is 25.1 Å². The number of aliphatic hydroxyl groups is 1. The van der Waals surface area contributed by atoms with E-state index in [2.05, 4.69) is 26.5 Å².